The molecule has 0 heterocycles. The van der Waals surface area contributed by atoms with Crippen LogP contribution in [-0.2, 0) is 4.74 Å². The van der Waals surface area contributed by atoms with E-state index in [1.165, 1.54) is 12.1 Å². The number of anilines is 1. The van der Waals surface area contributed by atoms with E-state index in [0.29, 0.717) is 18.7 Å². The van der Waals surface area contributed by atoms with Gasteiger partial charge in [-0.05, 0) is 30.7 Å². The van der Waals surface area contributed by atoms with E-state index in [2.05, 4.69) is 14.8 Å². The van der Waals surface area contributed by atoms with E-state index in [-0.39, 0.29) is 12.4 Å². The molecule has 0 saturated carbocycles. The van der Waals surface area contributed by atoms with E-state index in [1.807, 2.05) is 0 Å². The highest BCUT2D eigenvalue weighted by atomic mass is 19.4. The molecule has 0 saturated heterocycles. The molecule has 21 heavy (non-hydrogen) atoms. The minimum Gasteiger partial charge on any atom is -0.406 e. The molecule has 0 unspecified atom stereocenters. The Labute approximate surface area is 116 Å². The fraction of sp³-hybridized carbons (Fsp3) is 0.500. The number of rotatable bonds is 7. The molecule has 1 aromatic rings. The minimum absolute atomic E-state index is 0.0677. The van der Waals surface area contributed by atoms with Crippen LogP contribution < -0.4 is 10.1 Å². The van der Waals surface area contributed by atoms with Gasteiger partial charge in [0, 0.05) is 18.8 Å². The molecule has 0 spiro atoms. The number of ether oxygens (including phenoxy) is 2. The van der Waals surface area contributed by atoms with E-state index in [9.17, 15) is 26.3 Å². The molecular formula is C12H13F6NO2. The van der Waals surface area contributed by atoms with Crippen LogP contribution in [0.25, 0.3) is 0 Å². The average Bonchev–Trinajstić information content (AvgIpc) is 2.32. The molecule has 0 amide bonds. The van der Waals surface area contributed by atoms with E-state index in [4.69, 9.17) is 0 Å². The van der Waals surface area contributed by atoms with Crippen molar-refractivity contribution in [1.29, 1.82) is 0 Å². The number of hydrogen-bond donors (Lipinski definition) is 1. The van der Waals surface area contributed by atoms with Gasteiger partial charge in [-0.25, -0.2) is 0 Å². The first-order valence-corrected chi connectivity index (χ1v) is 5.90. The molecule has 1 rings (SSSR count). The first kappa shape index (κ1) is 17.4. The summed E-state index contributed by atoms with van der Waals surface area (Å²) in [6.45, 7) is -1.03. The normalized spacial score (nSPS) is 12.3. The van der Waals surface area contributed by atoms with Gasteiger partial charge in [-0.3, -0.25) is 0 Å². The third kappa shape index (κ3) is 9.01. The third-order valence-electron chi connectivity index (χ3n) is 2.15. The Kier molecular flexibility index (Phi) is 6.13. The van der Waals surface area contributed by atoms with E-state index in [1.54, 1.807) is 0 Å². The largest absolute Gasteiger partial charge is 0.573 e. The molecule has 1 aromatic carbocycles. The average molecular weight is 317 g/mol. The second kappa shape index (κ2) is 7.39. The Bertz CT molecular complexity index is 415. The van der Waals surface area contributed by atoms with Gasteiger partial charge < -0.3 is 14.8 Å². The van der Waals surface area contributed by atoms with E-state index < -0.39 is 19.1 Å². The zero-order valence-electron chi connectivity index (χ0n) is 10.7. The molecule has 0 bridgehead atoms. The summed E-state index contributed by atoms with van der Waals surface area (Å²) in [5.74, 6) is -0.346. The Balaban J connectivity index is 2.21. The van der Waals surface area contributed by atoms with Crippen LogP contribution in [0.2, 0.25) is 0 Å². The third-order valence-corrected chi connectivity index (χ3v) is 2.15. The van der Waals surface area contributed by atoms with Crippen LogP contribution in [0, 0.1) is 0 Å². The summed E-state index contributed by atoms with van der Waals surface area (Å²) < 4.78 is 79.1. The van der Waals surface area contributed by atoms with Crippen molar-refractivity contribution >= 4 is 5.69 Å². The summed E-state index contributed by atoms with van der Waals surface area (Å²) in [4.78, 5) is 0. The molecule has 0 fully saturated rings. The molecule has 0 aliphatic rings. The maximum absolute atomic E-state index is 11.9. The topological polar surface area (TPSA) is 30.5 Å². The van der Waals surface area contributed by atoms with Crippen molar-refractivity contribution in [2.24, 2.45) is 0 Å². The predicted molar refractivity (Wildman–Crippen MR) is 63.1 cm³/mol. The second-order valence-electron chi connectivity index (χ2n) is 4.02. The lowest BCUT2D eigenvalue weighted by Crippen LogP contribution is -2.18. The lowest BCUT2D eigenvalue weighted by Gasteiger charge is -2.11. The van der Waals surface area contributed by atoms with Crippen LogP contribution >= 0.6 is 0 Å². The Morgan fingerprint density at radius 1 is 0.952 bits per heavy atom. The van der Waals surface area contributed by atoms with Crippen LogP contribution in [0.15, 0.2) is 24.3 Å². The molecule has 0 radical (unpaired) electrons. The van der Waals surface area contributed by atoms with Crippen molar-refractivity contribution < 1.29 is 35.8 Å². The van der Waals surface area contributed by atoms with Gasteiger partial charge in [0.25, 0.3) is 0 Å². The highest BCUT2D eigenvalue weighted by Gasteiger charge is 2.31. The lowest BCUT2D eigenvalue weighted by atomic mass is 10.3. The highest BCUT2D eigenvalue weighted by Crippen LogP contribution is 2.23. The van der Waals surface area contributed by atoms with Gasteiger partial charge in [-0.15, -0.1) is 13.2 Å². The molecule has 3 nitrogen and oxygen atoms in total. The van der Waals surface area contributed by atoms with Crippen molar-refractivity contribution in [3.8, 4) is 5.75 Å². The first-order valence-electron chi connectivity index (χ1n) is 5.90. The van der Waals surface area contributed by atoms with Crippen LogP contribution in [0.5, 0.6) is 5.75 Å². The Morgan fingerprint density at radius 2 is 1.57 bits per heavy atom. The number of hydrogen-bond acceptors (Lipinski definition) is 3. The van der Waals surface area contributed by atoms with E-state index in [0.717, 1.165) is 12.1 Å². The summed E-state index contributed by atoms with van der Waals surface area (Å²) in [7, 11) is 0. The van der Waals surface area contributed by atoms with Gasteiger partial charge in [-0.2, -0.15) is 13.2 Å². The highest BCUT2D eigenvalue weighted by molar-refractivity contribution is 5.46. The van der Waals surface area contributed by atoms with Gasteiger partial charge in [0.05, 0.1) is 0 Å². The molecule has 0 atom stereocenters. The predicted octanol–water partition coefficient (Wildman–Crippen LogP) is 3.97. The van der Waals surface area contributed by atoms with Crippen LogP contribution in [0.3, 0.4) is 0 Å². The monoisotopic (exact) mass is 317 g/mol. The van der Waals surface area contributed by atoms with Gasteiger partial charge in [-0.1, -0.05) is 0 Å². The van der Waals surface area contributed by atoms with Gasteiger partial charge in [0.1, 0.15) is 12.4 Å². The zero-order chi connectivity index (χ0) is 15.9. The van der Waals surface area contributed by atoms with Crippen LogP contribution in [0.4, 0.5) is 32.0 Å². The standard InChI is InChI=1S/C12H13F6NO2/c13-11(14,15)8-20-7-1-6-19-9-2-4-10(5-3-9)21-12(16,17)18/h2-5,19H,1,6-8H2. The van der Waals surface area contributed by atoms with E-state index >= 15 is 0 Å². The number of halogens is 6. The smallest absolute Gasteiger partial charge is 0.406 e. The SMILES string of the molecule is FC(F)(F)COCCCNc1ccc(OC(F)(F)F)cc1. The maximum atomic E-state index is 11.9. The summed E-state index contributed by atoms with van der Waals surface area (Å²) in [5.41, 5.74) is 0.528. The zero-order valence-corrected chi connectivity index (χ0v) is 10.7. The summed E-state index contributed by atoms with van der Waals surface area (Å²) in [5, 5.41) is 2.83. The Hall–Kier alpha value is -1.64. The number of benzene rings is 1. The maximum Gasteiger partial charge on any atom is 0.573 e. The minimum atomic E-state index is -4.75. The molecule has 0 aromatic heterocycles. The Morgan fingerprint density at radius 3 is 2.10 bits per heavy atom. The van der Waals surface area contributed by atoms with Crippen LogP contribution in [-0.4, -0.2) is 32.3 Å². The second-order valence-corrected chi connectivity index (χ2v) is 4.02. The molecule has 0 aliphatic carbocycles. The summed E-state index contributed by atoms with van der Waals surface area (Å²) >= 11 is 0. The van der Waals surface area contributed by atoms with Gasteiger partial charge >= 0.3 is 12.5 Å². The first-order chi connectivity index (χ1) is 9.66. The lowest BCUT2D eigenvalue weighted by molar-refractivity contribution is -0.274. The number of nitrogens with one attached hydrogen (secondary N) is 1. The number of alkyl halides is 6. The van der Waals surface area contributed by atoms with Crippen molar-refractivity contribution in [2.75, 3.05) is 25.1 Å². The fourth-order valence-corrected chi connectivity index (χ4v) is 1.37. The van der Waals surface area contributed by atoms with Crippen LogP contribution in [0.1, 0.15) is 6.42 Å². The molecular weight excluding hydrogens is 304 g/mol. The van der Waals surface area contributed by atoms with Crippen molar-refractivity contribution in [1.82, 2.24) is 0 Å². The molecule has 1 N–H and O–H groups in total. The van der Waals surface area contributed by atoms with Gasteiger partial charge in [0.2, 0.25) is 0 Å². The molecule has 9 heteroatoms. The van der Waals surface area contributed by atoms with Gasteiger partial charge in [0.15, 0.2) is 0 Å². The summed E-state index contributed by atoms with van der Waals surface area (Å²) in [6.07, 6.45) is -8.76. The van der Waals surface area contributed by atoms with Crippen molar-refractivity contribution in [3.63, 3.8) is 0 Å². The molecule has 120 valence electrons. The van der Waals surface area contributed by atoms with Crippen molar-refractivity contribution in [2.45, 2.75) is 19.0 Å². The molecule has 0 aliphatic heterocycles. The fourth-order valence-electron chi connectivity index (χ4n) is 1.37. The van der Waals surface area contributed by atoms with Crippen molar-refractivity contribution in [3.05, 3.63) is 24.3 Å². The quantitative estimate of drug-likeness (QED) is 0.610. The summed E-state index contributed by atoms with van der Waals surface area (Å²) in [6, 6.07) is 5.02.